The quantitative estimate of drug-likeness (QED) is 0.939. The van der Waals surface area contributed by atoms with E-state index in [1.165, 1.54) is 30.3 Å². The Balaban J connectivity index is 2.33. The highest BCUT2D eigenvalue weighted by molar-refractivity contribution is 7.90. The Labute approximate surface area is 122 Å². The van der Waals surface area contributed by atoms with Gasteiger partial charge in [-0.15, -0.1) is 0 Å². The zero-order valence-corrected chi connectivity index (χ0v) is 12.3. The van der Waals surface area contributed by atoms with E-state index in [2.05, 4.69) is 0 Å². The van der Waals surface area contributed by atoms with Crippen LogP contribution in [0.4, 0.5) is 0 Å². The maximum absolute atomic E-state index is 11.4. The number of hydrogen-bond acceptors (Lipinski definition) is 4. The molecular weight excluding hydrogens is 292 g/mol. The summed E-state index contributed by atoms with van der Waals surface area (Å²) < 4.78 is 28.2. The molecule has 0 spiro atoms. The van der Waals surface area contributed by atoms with Crippen molar-refractivity contribution >= 4 is 15.8 Å². The Kier molecular flexibility index (Phi) is 3.99. The van der Waals surface area contributed by atoms with Crippen molar-refractivity contribution in [3.05, 3.63) is 53.6 Å². The zero-order valence-electron chi connectivity index (χ0n) is 11.5. The normalized spacial score (nSPS) is 11.1. The Morgan fingerprint density at radius 3 is 2.24 bits per heavy atom. The molecule has 0 bridgehead atoms. The molecule has 0 unspecified atom stereocenters. The number of carbonyl (C=O) groups is 1. The third kappa shape index (κ3) is 3.61. The van der Waals surface area contributed by atoms with Crippen LogP contribution in [-0.4, -0.2) is 25.7 Å². The summed E-state index contributed by atoms with van der Waals surface area (Å²) in [6, 6.07) is 10.6. The van der Waals surface area contributed by atoms with Crippen LogP contribution < -0.4 is 4.74 Å². The first kappa shape index (κ1) is 15.1. The third-order valence-corrected chi connectivity index (χ3v) is 3.97. The number of rotatable bonds is 4. The summed E-state index contributed by atoms with van der Waals surface area (Å²) in [4.78, 5) is 11.4. The molecule has 0 radical (unpaired) electrons. The molecule has 6 heteroatoms. The molecule has 5 nitrogen and oxygen atoms in total. The summed E-state index contributed by atoms with van der Waals surface area (Å²) >= 11 is 0. The number of ether oxygens (including phenoxy) is 1. The van der Waals surface area contributed by atoms with Gasteiger partial charge in [-0.25, -0.2) is 13.2 Å². The topological polar surface area (TPSA) is 80.7 Å². The lowest BCUT2D eigenvalue weighted by molar-refractivity contribution is 0.0694. The molecule has 110 valence electrons. The van der Waals surface area contributed by atoms with Crippen LogP contribution >= 0.6 is 0 Å². The lowest BCUT2D eigenvalue weighted by atomic mass is 10.1. The Morgan fingerprint density at radius 2 is 1.71 bits per heavy atom. The van der Waals surface area contributed by atoms with E-state index in [1.807, 2.05) is 0 Å². The monoisotopic (exact) mass is 306 g/mol. The first-order valence-electron chi connectivity index (χ1n) is 6.09. The van der Waals surface area contributed by atoms with E-state index in [0.717, 1.165) is 11.8 Å². The number of sulfone groups is 1. The fourth-order valence-electron chi connectivity index (χ4n) is 1.78. The van der Waals surface area contributed by atoms with Crippen LogP contribution in [0.2, 0.25) is 0 Å². The summed E-state index contributed by atoms with van der Waals surface area (Å²) in [5.41, 5.74) is 0.870. The second-order valence-corrected chi connectivity index (χ2v) is 6.67. The maximum Gasteiger partial charge on any atom is 0.339 e. The summed E-state index contributed by atoms with van der Waals surface area (Å²) in [5.74, 6) is -0.504. The van der Waals surface area contributed by atoms with Crippen molar-refractivity contribution in [3.8, 4) is 11.5 Å². The average Bonchev–Trinajstić information content (AvgIpc) is 2.40. The molecule has 0 atom stereocenters. The van der Waals surface area contributed by atoms with Crippen molar-refractivity contribution in [3.63, 3.8) is 0 Å². The SMILES string of the molecule is Cc1ccc(Oc2ccc(S(C)(=O)=O)cc2)c(C(=O)O)c1. The van der Waals surface area contributed by atoms with Crippen molar-refractivity contribution < 1.29 is 23.1 Å². The van der Waals surface area contributed by atoms with Gasteiger partial charge in [0.1, 0.15) is 17.1 Å². The van der Waals surface area contributed by atoms with Crippen molar-refractivity contribution in [1.82, 2.24) is 0 Å². The minimum absolute atomic E-state index is 0.0576. The van der Waals surface area contributed by atoms with Gasteiger partial charge in [0.15, 0.2) is 9.84 Å². The highest BCUT2D eigenvalue weighted by Gasteiger charge is 2.13. The van der Waals surface area contributed by atoms with Gasteiger partial charge in [0.25, 0.3) is 0 Å². The standard InChI is InChI=1S/C15H14O5S/c1-10-3-8-14(13(9-10)15(16)17)20-11-4-6-12(7-5-11)21(2,18)19/h3-9H,1-2H3,(H,16,17). The number of aromatic carboxylic acids is 1. The van der Waals surface area contributed by atoms with Crippen molar-refractivity contribution in [2.45, 2.75) is 11.8 Å². The Hall–Kier alpha value is -2.34. The average molecular weight is 306 g/mol. The van der Waals surface area contributed by atoms with Crippen LogP contribution in [0.25, 0.3) is 0 Å². The van der Waals surface area contributed by atoms with Crippen LogP contribution in [0, 0.1) is 6.92 Å². The van der Waals surface area contributed by atoms with Crippen molar-refractivity contribution in [2.75, 3.05) is 6.26 Å². The summed E-state index contributed by atoms with van der Waals surface area (Å²) in [7, 11) is -3.27. The largest absolute Gasteiger partial charge is 0.478 e. The second-order valence-electron chi connectivity index (χ2n) is 4.65. The van der Waals surface area contributed by atoms with Gasteiger partial charge in [-0.2, -0.15) is 0 Å². The number of carboxylic acids is 1. The Bertz CT molecular complexity index is 776. The molecule has 0 saturated heterocycles. The predicted octanol–water partition coefficient (Wildman–Crippen LogP) is 2.89. The van der Waals surface area contributed by atoms with Crippen LogP contribution in [0.3, 0.4) is 0 Å². The van der Waals surface area contributed by atoms with E-state index in [0.29, 0.717) is 5.75 Å². The third-order valence-electron chi connectivity index (χ3n) is 2.85. The van der Waals surface area contributed by atoms with E-state index in [9.17, 15) is 13.2 Å². The van der Waals surface area contributed by atoms with Gasteiger partial charge in [-0.3, -0.25) is 0 Å². The number of benzene rings is 2. The maximum atomic E-state index is 11.4. The summed E-state index contributed by atoms with van der Waals surface area (Å²) in [5, 5.41) is 9.16. The van der Waals surface area contributed by atoms with Gasteiger partial charge in [0.05, 0.1) is 4.90 Å². The smallest absolute Gasteiger partial charge is 0.339 e. The lowest BCUT2D eigenvalue weighted by Gasteiger charge is -2.10. The molecule has 0 heterocycles. The molecule has 0 aromatic heterocycles. The molecule has 0 aliphatic rings. The minimum atomic E-state index is -3.27. The van der Waals surface area contributed by atoms with E-state index in [1.54, 1.807) is 19.1 Å². The van der Waals surface area contributed by atoms with E-state index < -0.39 is 15.8 Å². The van der Waals surface area contributed by atoms with Gasteiger partial charge >= 0.3 is 5.97 Å². The second kappa shape index (κ2) is 5.57. The van der Waals surface area contributed by atoms with E-state index in [4.69, 9.17) is 9.84 Å². The van der Waals surface area contributed by atoms with E-state index in [-0.39, 0.29) is 16.2 Å². The molecule has 21 heavy (non-hydrogen) atoms. The zero-order chi connectivity index (χ0) is 15.6. The summed E-state index contributed by atoms with van der Waals surface area (Å²) in [6.07, 6.45) is 1.12. The van der Waals surface area contributed by atoms with Crippen LogP contribution in [0.1, 0.15) is 15.9 Å². The number of hydrogen-bond donors (Lipinski definition) is 1. The molecule has 0 fully saturated rings. The molecule has 2 aromatic rings. The molecular formula is C15H14O5S. The molecule has 1 N–H and O–H groups in total. The van der Waals surface area contributed by atoms with Gasteiger partial charge in [-0.1, -0.05) is 11.6 Å². The molecule has 2 rings (SSSR count). The first-order chi connectivity index (χ1) is 9.77. The van der Waals surface area contributed by atoms with E-state index >= 15 is 0 Å². The molecule has 0 amide bonds. The Morgan fingerprint density at radius 1 is 1.10 bits per heavy atom. The number of carboxylic acid groups (broad SMARTS) is 1. The molecule has 0 aliphatic heterocycles. The summed E-state index contributed by atoms with van der Waals surface area (Å²) in [6.45, 7) is 1.79. The molecule has 0 saturated carbocycles. The van der Waals surface area contributed by atoms with Gasteiger partial charge in [0.2, 0.25) is 0 Å². The predicted molar refractivity (Wildman–Crippen MR) is 77.8 cm³/mol. The van der Waals surface area contributed by atoms with Crippen LogP contribution in [0.15, 0.2) is 47.4 Å². The number of aryl methyl sites for hydroxylation is 1. The van der Waals surface area contributed by atoms with Gasteiger partial charge < -0.3 is 9.84 Å². The minimum Gasteiger partial charge on any atom is -0.478 e. The highest BCUT2D eigenvalue weighted by atomic mass is 32.2. The fraction of sp³-hybridized carbons (Fsp3) is 0.133. The fourth-order valence-corrected chi connectivity index (χ4v) is 2.41. The molecule has 2 aromatic carbocycles. The van der Waals surface area contributed by atoms with Gasteiger partial charge in [-0.05, 0) is 43.3 Å². The van der Waals surface area contributed by atoms with Crippen molar-refractivity contribution in [2.24, 2.45) is 0 Å². The first-order valence-corrected chi connectivity index (χ1v) is 7.98. The van der Waals surface area contributed by atoms with Crippen LogP contribution in [-0.2, 0) is 9.84 Å². The van der Waals surface area contributed by atoms with Crippen LogP contribution in [0.5, 0.6) is 11.5 Å². The van der Waals surface area contributed by atoms with Crippen molar-refractivity contribution in [1.29, 1.82) is 0 Å². The van der Waals surface area contributed by atoms with Gasteiger partial charge in [0, 0.05) is 6.26 Å². The highest BCUT2D eigenvalue weighted by Crippen LogP contribution is 2.27. The lowest BCUT2D eigenvalue weighted by Crippen LogP contribution is -2.01. The molecule has 0 aliphatic carbocycles.